The Balaban J connectivity index is 1.48. The molecule has 0 saturated carbocycles. The van der Waals surface area contributed by atoms with Gasteiger partial charge in [0, 0.05) is 12.2 Å². The zero-order chi connectivity index (χ0) is 18.9. The summed E-state index contributed by atoms with van der Waals surface area (Å²) in [7, 11) is 0. The number of nitrogens with zero attached hydrogens (tertiary/aromatic N) is 1. The molecule has 0 aliphatic carbocycles. The standard InChI is InChI=1S/C22H19N3O2/c23-14-17-9-11-19(12-10-17)24-16-22(26)25-15-18-5-4-8-21(13-18)27-20-6-2-1-3-7-20/h1-13,24H,15-16H2,(H,25,26). The van der Waals surface area contributed by atoms with E-state index < -0.39 is 0 Å². The quantitative estimate of drug-likeness (QED) is 0.668. The van der Waals surface area contributed by atoms with Crippen LogP contribution in [0.25, 0.3) is 0 Å². The molecule has 27 heavy (non-hydrogen) atoms. The predicted molar refractivity (Wildman–Crippen MR) is 104 cm³/mol. The van der Waals surface area contributed by atoms with E-state index in [1.54, 1.807) is 24.3 Å². The predicted octanol–water partition coefficient (Wildman–Crippen LogP) is 4.08. The van der Waals surface area contributed by atoms with Gasteiger partial charge in [0.15, 0.2) is 0 Å². The van der Waals surface area contributed by atoms with Crippen LogP contribution in [-0.2, 0) is 11.3 Å². The second kappa shape index (κ2) is 9.07. The first kappa shape index (κ1) is 18.0. The molecule has 0 aliphatic heterocycles. The van der Waals surface area contributed by atoms with Crippen LogP contribution in [0, 0.1) is 11.3 Å². The number of hydrogen-bond donors (Lipinski definition) is 2. The Hall–Kier alpha value is -3.78. The molecular formula is C22H19N3O2. The zero-order valence-electron chi connectivity index (χ0n) is 14.7. The molecule has 3 aromatic carbocycles. The van der Waals surface area contributed by atoms with Crippen molar-refractivity contribution in [1.82, 2.24) is 5.32 Å². The first-order chi connectivity index (χ1) is 13.2. The summed E-state index contributed by atoms with van der Waals surface area (Å²) in [5.41, 5.74) is 2.33. The number of anilines is 1. The average Bonchev–Trinajstić information content (AvgIpc) is 2.72. The van der Waals surface area contributed by atoms with Crippen LogP contribution < -0.4 is 15.4 Å². The van der Waals surface area contributed by atoms with Crippen molar-refractivity contribution in [2.24, 2.45) is 0 Å². The van der Waals surface area contributed by atoms with E-state index in [1.165, 1.54) is 0 Å². The van der Waals surface area contributed by atoms with E-state index in [9.17, 15) is 4.79 Å². The summed E-state index contributed by atoms with van der Waals surface area (Å²) >= 11 is 0. The van der Waals surface area contributed by atoms with E-state index in [-0.39, 0.29) is 12.5 Å². The minimum atomic E-state index is -0.117. The largest absolute Gasteiger partial charge is 0.457 e. The molecule has 5 heteroatoms. The van der Waals surface area contributed by atoms with E-state index in [0.717, 1.165) is 22.7 Å². The van der Waals surface area contributed by atoms with Crippen LogP contribution in [0.15, 0.2) is 78.9 Å². The number of amides is 1. The van der Waals surface area contributed by atoms with Gasteiger partial charge in [-0.2, -0.15) is 5.26 Å². The summed E-state index contributed by atoms with van der Waals surface area (Å²) in [5.74, 6) is 1.38. The third-order valence-corrected chi connectivity index (χ3v) is 3.83. The molecule has 0 heterocycles. The highest BCUT2D eigenvalue weighted by atomic mass is 16.5. The highest BCUT2D eigenvalue weighted by molar-refractivity contribution is 5.80. The van der Waals surface area contributed by atoms with E-state index in [4.69, 9.17) is 10.00 Å². The van der Waals surface area contributed by atoms with Crippen LogP contribution >= 0.6 is 0 Å². The average molecular weight is 357 g/mol. The smallest absolute Gasteiger partial charge is 0.239 e. The summed E-state index contributed by atoms with van der Waals surface area (Å²) in [4.78, 5) is 12.0. The van der Waals surface area contributed by atoms with Crippen molar-refractivity contribution >= 4 is 11.6 Å². The topological polar surface area (TPSA) is 74.2 Å². The second-order valence-electron chi connectivity index (χ2n) is 5.88. The van der Waals surface area contributed by atoms with E-state index in [2.05, 4.69) is 16.7 Å². The van der Waals surface area contributed by atoms with Crippen LogP contribution in [-0.4, -0.2) is 12.5 Å². The maximum atomic E-state index is 12.0. The number of rotatable bonds is 7. The summed E-state index contributed by atoms with van der Waals surface area (Å²) in [6, 6.07) is 26.2. The molecule has 0 spiro atoms. The molecule has 0 fully saturated rings. The number of para-hydroxylation sites is 1. The minimum Gasteiger partial charge on any atom is -0.457 e. The molecule has 134 valence electrons. The molecule has 0 radical (unpaired) electrons. The first-order valence-corrected chi connectivity index (χ1v) is 8.55. The van der Waals surface area contributed by atoms with Gasteiger partial charge >= 0.3 is 0 Å². The molecule has 0 atom stereocenters. The van der Waals surface area contributed by atoms with Gasteiger partial charge in [0.25, 0.3) is 0 Å². The highest BCUT2D eigenvalue weighted by Gasteiger charge is 2.03. The lowest BCUT2D eigenvalue weighted by molar-refractivity contribution is -0.119. The van der Waals surface area contributed by atoms with Crippen molar-refractivity contribution in [2.45, 2.75) is 6.54 Å². The molecule has 0 unspecified atom stereocenters. The first-order valence-electron chi connectivity index (χ1n) is 8.55. The molecule has 0 aromatic heterocycles. The number of hydrogen-bond acceptors (Lipinski definition) is 4. The third-order valence-electron chi connectivity index (χ3n) is 3.83. The maximum Gasteiger partial charge on any atom is 0.239 e. The van der Waals surface area contributed by atoms with Gasteiger partial charge in [0.1, 0.15) is 11.5 Å². The van der Waals surface area contributed by atoms with Crippen molar-refractivity contribution in [3.63, 3.8) is 0 Å². The number of carbonyl (C=O) groups is 1. The highest BCUT2D eigenvalue weighted by Crippen LogP contribution is 2.21. The van der Waals surface area contributed by atoms with Gasteiger partial charge in [-0.25, -0.2) is 0 Å². The lowest BCUT2D eigenvalue weighted by Crippen LogP contribution is -2.29. The Morgan fingerprint density at radius 3 is 2.41 bits per heavy atom. The maximum absolute atomic E-state index is 12.0. The number of carbonyl (C=O) groups excluding carboxylic acids is 1. The molecule has 0 bridgehead atoms. The van der Waals surface area contributed by atoms with Crippen LogP contribution in [0.2, 0.25) is 0 Å². The fourth-order valence-electron chi connectivity index (χ4n) is 2.45. The molecule has 1 amide bonds. The van der Waals surface area contributed by atoms with Crippen LogP contribution in [0.3, 0.4) is 0 Å². The van der Waals surface area contributed by atoms with Crippen molar-refractivity contribution < 1.29 is 9.53 Å². The summed E-state index contributed by atoms with van der Waals surface area (Å²) in [6.07, 6.45) is 0. The van der Waals surface area contributed by atoms with E-state index >= 15 is 0 Å². The normalized spacial score (nSPS) is 9.89. The molecule has 0 saturated heterocycles. The van der Waals surface area contributed by atoms with Gasteiger partial charge in [0.05, 0.1) is 18.2 Å². The lowest BCUT2D eigenvalue weighted by atomic mass is 10.2. The van der Waals surface area contributed by atoms with Crippen molar-refractivity contribution in [1.29, 1.82) is 5.26 Å². The molecule has 5 nitrogen and oxygen atoms in total. The fraction of sp³-hybridized carbons (Fsp3) is 0.0909. The number of benzene rings is 3. The van der Waals surface area contributed by atoms with Gasteiger partial charge in [-0.15, -0.1) is 0 Å². The summed E-state index contributed by atoms with van der Waals surface area (Å²) in [5, 5.41) is 14.7. The van der Waals surface area contributed by atoms with E-state index in [1.807, 2.05) is 54.6 Å². The van der Waals surface area contributed by atoms with Crippen LogP contribution in [0.4, 0.5) is 5.69 Å². The van der Waals surface area contributed by atoms with Gasteiger partial charge in [-0.05, 0) is 54.1 Å². The second-order valence-corrected chi connectivity index (χ2v) is 5.88. The Morgan fingerprint density at radius 1 is 0.926 bits per heavy atom. The lowest BCUT2D eigenvalue weighted by Gasteiger charge is -2.10. The van der Waals surface area contributed by atoms with Gasteiger partial charge in [-0.1, -0.05) is 30.3 Å². The Labute approximate surface area is 158 Å². The SMILES string of the molecule is N#Cc1ccc(NCC(=O)NCc2cccc(Oc3ccccc3)c2)cc1. The van der Waals surface area contributed by atoms with Crippen LogP contribution in [0.1, 0.15) is 11.1 Å². The van der Waals surface area contributed by atoms with Crippen molar-refractivity contribution in [2.75, 3.05) is 11.9 Å². The molecule has 3 aromatic rings. The Kier molecular flexibility index (Phi) is 6.05. The van der Waals surface area contributed by atoms with Gasteiger partial charge in [0.2, 0.25) is 5.91 Å². The van der Waals surface area contributed by atoms with E-state index in [0.29, 0.717) is 12.1 Å². The summed E-state index contributed by atoms with van der Waals surface area (Å²) in [6.45, 7) is 0.575. The van der Waals surface area contributed by atoms with Crippen molar-refractivity contribution in [3.8, 4) is 17.6 Å². The number of nitriles is 1. The van der Waals surface area contributed by atoms with Crippen LogP contribution in [0.5, 0.6) is 11.5 Å². The molecule has 3 rings (SSSR count). The zero-order valence-corrected chi connectivity index (χ0v) is 14.7. The number of nitrogens with one attached hydrogen (secondary N) is 2. The monoisotopic (exact) mass is 357 g/mol. The molecular weight excluding hydrogens is 338 g/mol. The Bertz CT molecular complexity index is 932. The Morgan fingerprint density at radius 2 is 1.67 bits per heavy atom. The molecule has 2 N–H and O–H groups in total. The van der Waals surface area contributed by atoms with Crippen molar-refractivity contribution in [3.05, 3.63) is 90.0 Å². The minimum absolute atomic E-state index is 0.117. The summed E-state index contributed by atoms with van der Waals surface area (Å²) < 4.78 is 5.80. The third kappa shape index (κ3) is 5.62. The number of ether oxygens (including phenoxy) is 1. The van der Waals surface area contributed by atoms with Gasteiger partial charge < -0.3 is 15.4 Å². The fourth-order valence-corrected chi connectivity index (χ4v) is 2.45. The molecule has 0 aliphatic rings. The van der Waals surface area contributed by atoms with Gasteiger partial charge in [-0.3, -0.25) is 4.79 Å².